The van der Waals surface area contributed by atoms with E-state index in [9.17, 15) is 5.26 Å². The molecule has 1 aromatic carbocycles. The summed E-state index contributed by atoms with van der Waals surface area (Å²) in [5.41, 5.74) is 2.81. The number of aromatic nitrogens is 1. The molecule has 0 amide bonds. The maximum atomic E-state index is 9.51. The second-order valence-corrected chi connectivity index (χ2v) is 6.85. The van der Waals surface area contributed by atoms with Crippen LogP contribution in [0.5, 0.6) is 5.75 Å². The molecule has 5 nitrogen and oxygen atoms in total. The van der Waals surface area contributed by atoms with Crippen molar-refractivity contribution in [1.29, 1.82) is 5.26 Å². The van der Waals surface area contributed by atoms with Crippen molar-refractivity contribution in [2.45, 2.75) is 6.92 Å². The lowest BCUT2D eigenvalue weighted by Crippen LogP contribution is -2.47. The Hall–Kier alpha value is -2.01. The number of anilines is 2. The number of ether oxygens (including phenoxy) is 1. The van der Waals surface area contributed by atoms with Gasteiger partial charge in [-0.15, -0.1) is 0 Å². The van der Waals surface area contributed by atoms with Crippen LogP contribution in [0.1, 0.15) is 11.1 Å². The minimum Gasteiger partial charge on any atom is -0.495 e. The van der Waals surface area contributed by atoms with E-state index in [0.29, 0.717) is 5.56 Å². The summed E-state index contributed by atoms with van der Waals surface area (Å²) in [6, 6.07) is 10.4. The van der Waals surface area contributed by atoms with Gasteiger partial charge < -0.3 is 14.5 Å². The molecule has 1 aliphatic heterocycles. The molecule has 6 heteroatoms. The molecule has 0 spiro atoms. The molecule has 1 aromatic heterocycles. The number of benzene rings is 1. The Morgan fingerprint density at radius 3 is 2.50 bits per heavy atom. The highest BCUT2D eigenvalue weighted by molar-refractivity contribution is 14.1. The van der Waals surface area contributed by atoms with Crippen LogP contribution in [0.15, 0.2) is 30.5 Å². The van der Waals surface area contributed by atoms with Crippen molar-refractivity contribution >= 4 is 34.1 Å². The highest BCUT2D eigenvalue weighted by atomic mass is 127. The first-order valence-corrected chi connectivity index (χ1v) is 8.91. The first-order valence-electron chi connectivity index (χ1n) is 7.83. The average Bonchev–Trinajstić information content (AvgIpc) is 2.64. The molecule has 2 heterocycles. The summed E-state index contributed by atoms with van der Waals surface area (Å²) in [4.78, 5) is 9.04. The Morgan fingerprint density at radius 1 is 1.17 bits per heavy atom. The molecule has 0 unspecified atom stereocenters. The highest BCUT2D eigenvalue weighted by Gasteiger charge is 2.23. The van der Waals surface area contributed by atoms with Crippen LogP contribution in [-0.2, 0) is 0 Å². The van der Waals surface area contributed by atoms with Crippen molar-refractivity contribution < 1.29 is 4.74 Å². The van der Waals surface area contributed by atoms with Crippen LogP contribution >= 0.6 is 22.6 Å². The number of rotatable bonds is 3. The van der Waals surface area contributed by atoms with E-state index in [1.165, 1.54) is 0 Å². The molecule has 2 aromatic rings. The molecule has 124 valence electrons. The predicted octanol–water partition coefficient (Wildman–Crippen LogP) is 3.20. The van der Waals surface area contributed by atoms with Crippen molar-refractivity contribution in [3.63, 3.8) is 0 Å². The summed E-state index contributed by atoms with van der Waals surface area (Å²) in [7, 11) is 1.70. The van der Waals surface area contributed by atoms with Gasteiger partial charge in [-0.25, -0.2) is 4.98 Å². The summed E-state index contributed by atoms with van der Waals surface area (Å²) in [5.74, 6) is 1.70. The fourth-order valence-corrected chi connectivity index (χ4v) is 3.40. The zero-order chi connectivity index (χ0) is 17.1. The number of halogens is 1. The quantitative estimate of drug-likeness (QED) is 0.695. The van der Waals surface area contributed by atoms with Crippen LogP contribution < -0.4 is 14.5 Å². The Kier molecular flexibility index (Phi) is 5.09. The molecule has 1 saturated heterocycles. The smallest absolute Gasteiger partial charge is 0.146 e. The third-order valence-corrected chi connectivity index (χ3v) is 5.46. The van der Waals surface area contributed by atoms with Gasteiger partial charge in [-0.05, 0) is 47.2 Å². The average molecular weight is 434 g/mol. The molecule has 0 atom stereocenters. The van der Waals surface area contributed by atoms with Gasteiger partial charge >= 0.3 is 0 Å². The molecule has 3 rings (SSSR count). The lowest BCUT2D eigenvalue weighted by Gasteiger charge is -2.37. The number of nitriles is 1. The summed E-state index contributed by atoms with van der Waals surface area (Å²) in [5, 5.41) is 9.51. The van der Waals surface area contributed by atoms with E-state index >= 15 is 0 Å². The molecule has 0 saturated carbocycles. The lowest BCUT2D eigenvalue weighted by molar-refractivity contribution is 0.413. The minimum atomic E-state index is 0.688. The monoisotopic (exact) mass is 434 g/mol. The number of piperazine rings is 1. The van der Waals surface area contributed by atoms with Crippen LogP contribution in [0.2, 0.25) is 0 Å². The number of methoxy groups -OCH3 is 1. The summed E-state index contributed by atoms with van der Waals surface area (Å²) >= 11 is 2.23. The van der Waals surface area contributed by atoms with Gasteiger partial charge in [0.05, 0.1) is 18.4 Å². The van der Waals surface area contributed by atoms with Gasteiger partial charge in [0, 0.05) is 35.9 Å². The van der Waals surface area contributed by atoms with E-state index in [1.54, 1.807) is 7.11 Å². The van der Waals surface area contributed by atoms with Gasteiger partial charge in [0.25, 0.3) is 0 Å². The number of pyridine rings is 1. The Balaban J connectivity index is 1.79. The van der Waals surface area contributed by atoms with Gasteiger partial charge in [-0.2, -0.15) is 5.26 Å². The SMILES string of the molecule is COc1ccccc1N1CCN(c2ncc(I)c(C)c2C#N)CC1. The molecule has 1 fully saturated rings. The fourth-order valence-electron chi connectivity index (χ4n) is 2.99. The number of nitrogens with zero attached hydrogens (tertiary/aromatic N) is 4. The molecule has 0 N–H and O–H groups in total. The normalized spacial score (nSPS) is 14.4. The molecule has 0 radical (unpaired) electrons. The Morgan fingerprint density at radius 2 is 1.83 bits per heavy atom. The van der Waals surface area contributed by atoms with E-state index in [4.69, 9.17) is 4.74 Å². The second kappa shape index (κ2) is 7.26. The van der Waals surface area contributed by atoms with Crippen molar-refractivity contribution in [3.05, 3.63) is 45.2 Å². The lowest BCUT2D eigenvalue weighted by atomic mass is 10.1. The third-order valence-electron chi connectivity index (χ3n) is 4.37. The van der Waals surface area contributed by atoms with Crippen LogP contribution in [0.3, 0.4) is 0 Å². The van der Waals surface area contributed by atoms with E-state index in [-0.39, 0.29) is 0 Å². The van der Waals surface area contributed by atoms with Crippen molar-refractivity contribution in [3.8, 4) is 11.8 Å². The first-order chi connectivity index (χ1) is 11.7. The van der Waals surface area contributed by atoms with Crippen LogP contribution in [0.25, 0.3) is 0 Å². The highest BCUT2D eigenvalue weighted by Crippen LogP contribution is 2.30. The van der Waals surface area contributed by atoms with Crippen LogP contribution in [0, 0.1) is 21.8 Å². The predicted molar refractivity (Wildman–Crippen MR) is 104 cm³/mol. The number of para-hydroxylation sites is 2. The summed E-state index contributed by atoms with van der Waals surface area (Å²) < 4.78 is 6.49. The largest absolute Gasteiger partial charge is 0.495 e. The number of hydrogen-bond acceptors (Lipinski definition) is 5. The molecular formula is C18H19IN4O. The Bertz CT molecular complexity index is 779. The van der Waals surface area contributed by atoms with Crippen LogP contribution in [-0.4, -0.2) is 38.3 Å². The second-order valence-electron chi connectivity index (χ2n) is 5.69. The minimum absolute atomic E-state index is 0.688. The number of hydrogen-bond donors (Lipinski definition) is 0. The summed E-state index contributed by atoms with van der Waals surface area (Å²) in [6.07, 6.45) is 1.85. The van der Waals surface area contributed by atoms with Gasteiger partial charge in [0.1, 0.15) is 17.6 Å². The van der Waals surface area contributed by atoms with E-state index in [2.05, 4.69) is 49.5 Å². The third kappa shape index (κ3) is 3.13. The zero-order valence-electron chi connectivity index (χ0n) is 13.8. The van der Waals surface area contributed by atoms with E-state index < -0.39 is 0 Å². The molecule has 0 aliphatic carbocycles. The van der Waals surface area contributed by atoms with Gasteiger partial charge in [-0.3, -0.25) is 0 Å². The maximum absolute atomic E-state index is 9.51. The first kappa shape index (κ1) is 16.8. The van der Waals surface area contributed by atoms with Gasteiger partial charge in [-0.1, -0.05) is 12.1 Å². The topological polar surface area (TPSA) is 52.4 Å². The Labute approximate surface area is 156 Å². The van der Waals surface area contributed by atoms with Crippen molar-refractivity contribution in [2.75, 3.05) is 43.1 Å². The van der Waals surface area contributed by atoms with E-state index in [0.717, 1.165) is 52.6 Å². The van der Waals surface area contributed by atoms with Crippen molar-refractivity contribution in [1.82, 2.24) is 4.98 Å². The van der Waals surface area contributed by atoms with Gasteiger partial charge in [0.2, 0.25) is 0 Å². The molecule has 24 heavy (non-hydrogen) atoms. The standard InChI is InChI=1S/C18H19IN4O/c1-13-14(11-20)18(21-12-15(13)19)23-9-7-22(8-10-23)16-5-3-4-6-17(16)24-2/h3-6,12H,7-10H2,1-2H3. The van der Waals surface area contributed by atoms with Crippen LogP contribution in [0.4, 0.5) is 11.5 Å². The maximum Gasteiger partial charge on any atom is 0.146 e. The zero-order valence-corrected chi connectivity index (χ0v) is 15.9. The molecule has 1 aliphatic rings. The molecular weight excluding hydrogens is 415 g/mol. The summed E-state index contributed by atoms with van der Waals surface area (Å²) in [6.45, 7) is 5.39. The van der Waals surface area contributed by atoms with Gasteiger partial charge in [0.15, 0.2) is 0 Å². The molecule has 0 bridgehead atoms. The van der Waals surface area contributed by atoms with Crippen molar-refractivity contribution in [2.24, 2.45) is 0 Å². The fraction of sp³-hybridized carbons (Fsp3) is 0.333. The van der Waals surface area contributed by atoms with E-state index in [1.807, 2.05) is 31.3 Å².